The van der Waals surface area contributed by atoms with Crippen molar-refractivity contribution >= 4 is 11.7 Å². The highest BCUT2D eigenvalue weighted by atomic mass is 16.5. The standard InChI is InChI=1S/C14H20N2O2/c1-11(9-15)7-8-13(16)14(17)18-10-12-5-3-2-4-6-12/h2-6,11,16H,7-10,15H2,1H3. The Labute approximate surface area is 108 Å². The predicted octanol–water partition coefficient (Wildman–Crippen LogP) is 2.12. The molecule has 0 fully saturated rings. The molecule has 0 aliphatic rings. The van der Waals surface area contributed by atoms with E-state index in [9.17, 15) is 4.79 Å². The average Bonchev–Trinajstić information content (AvgIpc) is 2.42. The lowest BCUT2D eigenvalue weighted by Gasteiger charge is -2.09. The molecular formula is C14H20N2O2. The minimum Gasteiger partial charge on any atom is -0.456 e. The van der Waals surface area contributed by atoms with Crippen LogP contribution in [0.3, 0.4) is 0 Å². The van der Waals surface area contributed by atoms with Gasteiger partial charge >= 0.3 is 5.97 Å². The Morgan fingerprint density at radius 1 is 1.39 bits per heavy atom. The maximum atomic E-state index is 11.5. The molecule has 0 saturated carbocycles. The van der Waals surface area contributed by atoms with Gasteiger partial charge in [-0.15, -0.1) is 0 Å². The number of rotatable bonds is 7. The fourth-order valence-corrected chi connectivity index (χ4v) is 1.42. The maximum Gasteiger partial charge on any atom is 0.352 e. The lowest BCUT2D eigenvalue weighted by Crippen LogP contribution is -2.19. The van der Waals surface area contributed by atoms with E-state index in [0.717, 1.165) is 12.0 Å². The van der Waals surface area contributed by atoms with Gasteiger partial charge in [-0.2, -0.15) is 0 Å². The molecule has 4 nitrogen and oxygen atoms in total. The summed E-state index contributed by atoms with van der Waals surface area (Å²) in [4.78, 5) is 11.5. The summed E-state index contributed by atoms with van der Waals surface area (Å²) >= 11 is 0. The number of nitrogens with one attached hydrogen (secondary N) is 1. The van der Waals surface area contributed by atoms with Crippen molar-refractivity contribution in [2.45, 2.75) is 26.4 Å². The first-order valence-corrected chi connectivity index (χ1v) is 6.12. The molecule has 0 heterocycles. The van der Waals surface area contributed by atoms with E-state index in [1.165, 1.54) is 0 Å². The zero-order valence-corrected chi connectivity index (χ0v) is 10.7. The molecule has 1 aromatic rings. The highest BCUT2D eigenvalue weighted by molar-refractivity contribution is 6.35. The Morgan fingerprint density at radius 2 is 2.06 bits per heavy atom. The highest BCUT2D eigenvalue weighted by Crippen LogP contribution is 2.06. The Hall–Kier alpha value is -1.68. The van der Waals surface area contributed by atoms with Gasteiger partial charge in [-0.05, 0) is 30.9 Å². The summed E-state index contributed by atoms with van der Waals surface area (Å²) in [6.07, 6.45) is 1.17. The van der Waals surface area contributed by atoms with Gasteiger partial charge in [0.05, 0.1) is 0 Å². The second kappa shape index (κ2) is 7.61. The van der Waals surface area contributed by atoms with E-state index >= 15 is 0 Å². The summed E-state index contributed by atoms with van der Waals surface area (Å²) in [6, 6.07) is 9.44. The largest absolute Gasteiger partial charge is 0.456 e. The Bertz CT molecular complexity index is 390. The van der Waals surface area contributed by atoms with Crippen LogP contribution in [-0.4, -0.2) is 18.2 Å². The van der Waals surface area contributed by atoms with Crippen LogP contribution in [-0.2, 0) is 16.1 Å². The summed E-state index contributed by atoms with van der Waals surface area (Å²) in [5, 5.41) is 7.61. The second-order valence-electron chi connectivity index (χ2n) is 4.42. The number of carbonyl (C=O) groups is 1. The van der Waals surface area contributed by atoms with Gasteiger partial charge in [0.1, 0.15) is 12.3 Å². The van der Waals surface area contributed by atoms with Crippen molar-refractivity contribution in [3.63, 3.8) is 0 Å². The molecule has 0 spiro atoms. The van der Waals surface area contributed by atoms with E-state index in [-0.39, 0.29) is 12.3 Å². The smallest absolute Gasteiger partial charge is 0.352 e. The van der Waals surface area contributed by atoms with Crippen molar-refractivity contribution in [1.29, 1.82) is 5.41 Å². The van der Waals surface area contributed by atoms with Crippen LogP contribution in [0, 0.1) is 11.3 Å². The first kappa shape index (κ1) is 14.4. The molecule has 18 heavy (non-hydrogen) atoms. The third kappa shape index (κ3) is 5.10. The normalized spacial score (nSPS) is 11.9. The van der Waals surface area contributed by atoms with Gasteiger partial charge < -0.3 is 10.5 Å². The topological polar surface area (TPSA) is 76.2 Å². The molecular weight excluding hydrogens is 228 g/mol. The van der Waals surface area contributed by atoms with Crippen LogP contribution in [0.1, 0.15) is 25.3 Å². The fraction of sp³-hybridized carbons (Fsp3) is 0.429. The molecule has 3 N–H and O–H groups in total. The molecule has 0 aromatic heterocycles. The number of hydrogen-bond acceptors (Lipinski definition) is 4. The first-order chi connectivity index (χ1) is 8.63. The summed E-state index contributed by atoms with van der Waals surface area (Å²) in [5.74, 6) is -0.213. The number of ether oxygens (including phenoxy) is 1. The lowest BCUT2D eigenvalue weighted by atomic mass is 10.0. The summed E-state index contributed by atoms with van der Waals surface area (Å²) < 4.78 is 5.06. The zero-order valence-electron chi connectivity index (χ0n) is 10.7. The molecule has 0 aliphatic carbocycles. The molecule has 1 rings (SSSR count). The van der Waals surface area contributed by atoms with Crippen LogP contribution >= 0.6 is 0 Å². The van der Waals surface area contributed by atoms with E-state index in [0.29, 0.717) is 18.9 Å². The third-order valence-corrected chi connectivity index (χ3v) is 2.75. The van der Waals surface area contributed by atoms with Gasteiger partial charge in [0.25, 0.3) is 0 Å². The second-order valence-corrected chi connectivity index (χ2v) is 4.42. The number of carbonyl (C=O) groups excluding carboxylic acids is 1. The predicted molar refractivity (Wildman–Crippen MR) is 71.4 cm³/mol. The number of nitrogens with two attached hydrogens (primary N) is 1. The molecule has 1 unspecified atom stereocenters. The molecule has 4 heteroatoms. The molecule has 1 atom stereocenters. The van der Waals surface area contributed by atoms with Gasteiger partial charge in [-0.25, -0.2) is 4.79 Å². The Kier molecular flexibility index (Phi) is 6.08. The number of benzene rings is 1. The van der Waals surface area contributed by atoms with E-state index in [1.807, 2.05) is 37.3 Å². The van der Waals surface area contributed by atoms with Gasteiger partial charge in [0, 0.05) is 0 Å². The SMILES string of the molecule is CC(CN)CCC(=N)C(=O)OCc1ccccc1. The molecule has 0 amide bonds. The minimum absolute atomic E-state index is 0.0197. The van der Waals surface area contributed by atoms with Crippen molar-refractivity contribution in [2.24, 2.45) is 11.7 Å². The van der Waals surface area contributed by atoms with E-state index in [2.05, 4.69) is 0 Å². The van der Waals surface area contributed by atoms with Crippen molar-refractivity contribution in [3.8, 4) is 0 Å². The van der Waals surface area contributed by atoms with Gasteiger partial charge in [0.2, 0.25) is 0 Å². The molecule has 1 aromatic carbocycles. The average molecular weight is 248 g/mol. The van der Waals surface area contributed by atoms with Gasteiger partial charge in [-0.3, -0.25) is 5.41 Å². The number of hydrogen-bond donors (Lipinski definition) is 2. The van der Waals surface area contributed by atoms with Crippen LogP contribution in [0.2, 0.25) is 0 Å². The Balaban J connectivity index is 2.30. The monoisotopic (exact) mass is 248 g/mol. The summed E-state index contributed by atoms with van der Waals surface area (Å²) in [5.41, 5.74) is 6.43. The van der Waals surface area contributed by atoms with Crippen LogP contribution in [0.15, 0.2) is 30.3 Å². The van der Waals surface area contributed by atoms with Crippen molar-refractivity contribution in [2.75, 3.05) is 6.54 Å². The highest BCUT2D eigenvalue weighted by Gasteiger charge is 2.12. The van der Waals surface area contributed by atoms with Gasteiger partial charge in [-0.1, -0.05) is 37.3 Å². The minimum atomic E-state index is -0.539. The van der Waals surface area contributed by atoms with Crippen LogP contribution in [0.5, 0.6) is 0 Å². The van der Waals surface area contributed by atoms with E-state index in [1.54, 1.807) is 0 Å². The van der Waals surface area contributed by atoms with Crippen molar-refractivity contribution in [3.05, 3.63) is 35.9 Å². The Morgan fingerprint density at radius 3 is 2.67 bits per heavy atom. The van der Waals surface area contributed by atoms with Crippen molar-refractivity contribution < 1.29 is 9.53 Å². The van der Waals surface area contributed by atoms with E-state index < -0.39 is 5.97 Å². The summed E-state index contributed by atoms with van der Waals surface area (Å²) in [6.45, 7) is 2.80. The van der Waals surface area contributed by atoms with Gasteiger partial charge in [0.15, 0.2) is 0 Å². The molecule has 98 valence electrons. The fourth-order valence-electron chi connectivity index (χ4n) is 1.42. The summed E-state index contributed by atoms with van der Waals surface area (Å²) in [7, 11) is 0. The third-order valence-electron chi connectivity index (χ3n) is 2.75. The lowest BCUT2D eigenvalue weighted by molar-refractivity contribution is -0.137. The van der Waals surface area contributed by atoms with Crippen LogP contribution in [0.25, 0.3) is 0 Å². The molecule has 0 bridgehead atoms. The molecule has 0 aliphatic heterocycles. The van der Waals surface area contributed by atoms with E-state index in [4.69, 9.17) is 15.9 Å². The zero-order chi connectivity index (χ0) is 13.4. The first-order valence-electron chi connectivity index (χ1n) is 6.12. The van der Waals surface area contributed by atoms with Crippen LogP contribution < -0.4 is 5.73 Å². The molecule has 0 saturated heterocycles. The van der Waals surface area contributed by atoms with Crippen molar-refractivity contribution in [1.82, 2.24) is 0 Å². The number of esters is 1. The maximum absolute atomic E-state index is 11.5. The molecule has 0 radical (unpaired) electrons. The quantitative estimate of drug-likeness (QED) is 0.573. The van der Waals surface area contributed by atoms with Crippen LogP contribution in [0.4, 0.5) is 0 Å².